The molecule has 0 aromatic rings. The number of carbonyl (C=O) groups excluding carboxylic acids is 2. The number of likely N-dealkylation sites (tertiary alicyclic amines) is 1. The minimum atomic E-state index is -0.803. The number of nitrogens with two attached hydrogens (primary N) is 1. The van der Waals surface area contributed by atoms with Crippen LogP contribution in [0.5, 0.6) is 0 Å². The monoisotopic (exact) mass is 359 g/mol. The quantitative estimate of drug-likeness (QED) is 0.758. The van der Waals surface area contributed by atoms with Gasteiger partial charge in [0.15, 0.2) is 0 Å². The van der Waals surface area contributed by atoms with Gasteiger partial charge in [-0.3, -0.25) is 14.5 Å². The van der Waals surface area contributed by atoms with Crippen molar-refractivity contribution in [2.45, 2.75) is 82.2 Å². The van der Waals surface area contributed by atoms with Gasteiger partial charge in [-0.05, 0) is 38.5 Å². The number of nitriles is 1. The number of rotatable bonds is 6. The zero-order chi connectivity index (χ0) is 18.6. The zero-order valence-corrected chi connectivity index (χ0v) is 15.6. The van der Waals surface area contributed by atoms with Crippen molar-refractivity contribution < 1.29 is 9.59 Å². The van der Waals surface area contributed by atoms with Crippen molar-refractivity contribution in [1.82, 2.24) is 10.2 Å². The van der Waals surface area contributed by atoms with E-state index < -0.39 is 11.0 Å². The maximum Gasteiger partial charge on any atom is 0.225 e. The summed E-state index contributed by atoms with van der Waals surface area (Å²) in [6, 6.07) is 2.91. The van der Waals surface area contributed by atoms with E-state index in [1.165, 1.54) is 25.7 Å². The van der Waals surface area contributed by atoms with Crippen molar-refractivity contribution in [2.75, 3.05) is 13.1 Å². The van der Waals surface area contributed by atoms with Gasteiger partial charge in [0.2, 0.25) is 11.8 Å². The molecule has 143 valence electrons. The van der Waals surface area contributed by atoms with Gasteiger partial charge in [-0.15, -0.1) is 0 Å². The molecule has 0 aromatic carbocycles. The first-order chi connectivity index (χ1) is 12.5. The molecule has 1 radical (unpaired) electrons. The molecule has 3 rings (SSSR count). The van der Waals surface area contributed by atoms with Crippen LogP contribution in [-0.2, 0) is 9.59 Å². The third-order valence-electron chi connectivity index (χ3n) is 6.73. The van der Waals surface area contributed by atoms with Gasteiger partial charge < -0.3 is 11.1 Å². The van der Waals surface area contributed by atoms with E-state index in [0.717, 1.165) is 38.6 Å². The second kappa shape index (κ2) is 7.96. The molecule has 26 heavy (non-hydrogen) atoms. The molecule has 2 amide bonds. The summed E-state index contributed by atoms with van der Waals surface area (Å²) in [5.74, 6) is -0.546. The predicted molar refractivity (Wildman–Crippen MR) is 98.6 cm³/mol. The third kappa shape index (κ3) is 4.03. The highest BCUT2D eigenvalue weighted by atomic mass is 16.2. The molecule has 1 aliphatic heterocycles. The van der Waals surface area contributed by atoms with Crippen molar-refractivity contribution in [3.8, 4) is 6.07 Å². The lowest BCUT2D eigenvalue weighted by Crippen LogP contribution is -2.50. The highest BCUT2D eigenvalue weighted by molar-refractivity contribution is 5.88. The van der Waals surface area contributed by atoms with Gasteiger partial charge in [0.05, 0.1) is 12.5 Å². The van der Waals surface area contributed by atoms with E-state index in [-0.39, 0.29) is 11.8 Å². The molecule has 1 heterocycles. The Hall–Kier alpha value is -1.61. The summed E-state index contributed by atoms with van der Waals surface area (Å²) in [6.07, 6.45) is 12.1. The van der Waals surface area contributed by atoms with Crippen LogP contribution in [-0.4, -0.2) is 41.4 Å². The largest absolute Gasteiger partial charge is 0.369 e. The molecular formula is C20H31N4O2. The van der Waals surface area contributed by atoms with Crippen LogP contribution in [0.15, 0.2) is 0 Å². The molecule has 3 N–H and O–H groups in total. The summed E-state index contributed by atoms with van der Waals surface area (Å²) < 4.78 is 0. The molecule has 6 nitrogen and oxygen atoms in total. The summed E-state index contributed by atoms with van der Waals surface area (Å²) in [6.45, 7) is 1.47. The van der Waals surface area contributed by atoms with Crippen molar-refractivity contribution in [2.24, 2.45) is 11.1 Å². The van der Waals surface area contributed by atoms with E-state index in [0.29, 0.717) is 25.4 Å². The van der Waals surface area contributed by atoms with Gasteiger partial charge in [0.25, 0.3) is 0 Å². The van der Waals surface area contributed by atoms with Crippen LogP contribution in [0.2, 0.25) is 0 Å². The molecule has 1 atom stereocenters. The summed E-state index contributed by atoms with van der Waals surface area (Å²) in [5.41, 5.74) is 4.26. The van der Waals surface area contributed by atoms with Gasteiger partial charge in [-0.1, -0.05) is 32.1 Å². The predicted octanol–water partition coefficient (Wildman–Crippen LogP) is 2.04. The number of nitrogens with one attached hydrogen (secondary N) is 1. The van der Waals surface area contributed by atoms with Gasteiger partial charge in [-0.2, -0.15) is 5.26 Å². The number of nitrogens with zero attached hydrogens (tertiary/aromatic N) is 2. The van der Waals surface area contributed by atoms with Crippen LogP contribution in [0, 0.1) is 23.2 Å². The zero-order valence-electron chi connectivity index (χ0n) is 15.6. The number of primary amides is 1. The summed E-state index contributed by atoms with van der Waals surface area (Å²) in [4.78, 5) is 26.8. The van der Waals surface area contributed by atoms with Crippen molar-refractivity contribution >= 4 is 11.8 Å². The minimum Gasteiger partial charge on any atom is -0.369 e. The normalized spacial score (nSPS) is 29.3. The molecular weight excluding hydrogens is 328 g/mol. The SMILES string of the molecule is N#CC1(NC(=O)[CH]CC2(C(N)=O)CCCCC2)CCN(C2CCCC2)C1. The molecule has 1 unspecified atom stereocenters. The second-order valence-corrected chi connectivity index (χ2v) is 8.46. The fourth-order valence-corrected chi connectivity index (χ4v) is 5.00. The number of hydrogen-bond acceptors (Lipinski definition) is 4. The Labute approximate surface area is 156 Å². The Morgan fingerprint density at radius 3 is 2.46 bits per heavy atom. The van der Waals surface area contributed by atoms with Crippen LogP contribution in [0.25, 0.3) is 0 Å². The molecule has 2 saturated carbocycles. The molecule has 0 bridgehead atoms. The topological polar surface area (TPSA) is 99.2 Å². The summed E-state index contributed by atoms with van der Waals surface area (Å²) in [5, 5.41) is 12.6. The molecule has 0 spiro atoms. The van der Waals surface area contributed by atoms with Crippen LogP contribution in [0.1, 0.15) is 70.6 Å². The molecule has 1 saturated heterocycles. The lowest BCUT2D eigenvalue weighted by atomic mass is 9.70. The smallest absolute Gasteiger partial charge is 0.225 e. The Morgan fingerprint density at radius 1 is 1.15 bits per heavy atom. The second-order valence-electron chi connectivity index (χ2n) is 8.46. The Morgan fingerprint density at radius 2 is 1.85 bits per heavy atom. The molecule has 3 aliphatic rings. The molecule has 6 heteroatoms. The van der Waals surface area contributed by atoms with Crippen LogP contribution >= 0.6 is 0 Å². The minimum absolute atomic E-state index is 0.244. The highest BCUT2D eigenvalue weighted by Gasteiger charge is 2.43. The number of carbonyl (C=O) groups is 2. The van der Waals surface area contributed by atoms with Crippen LogP contribution in [0.3, 0.4) is 0 Å². The lowest BCUT2D eigenvalue weighted by molar-refractivity contribution is -0.129. The van der Waals surface area contributed by atoms with Crippen LogP contribution < -0.4 is 11.1 Å². The highest BCUT2D eigenvalue weighted by Crippen LogP contribution is 2.40. The summed E-state index contributed by atoms with van der Waals surface area (Å²) >= 11 is 0. The first-order valence-electron chi connectivity index (χ1n) is 10.1. The fraction of sp³-hybridized carbons (Fsp3) is 0.800. The Bertz CT molecular complexity index is 573. The molecule has 3 fully saturated rings. The third-order valence-corrected chi connectivity index (χ3v) is 6.73. The van der Waals surface area contributed by atoms with Crippen LogP contribution in [0.4, 0.5) is 0 Å². The van der Waals surface area contributed by atoms with E-state index in [1.54, 1.807) is 6.42 Å². The average molecular weight is 359 g/mol. The maximum atomic E-state index is 12.5. The van der Waals surface area contributed by atoms with E-state index in [2.05, 4.69) is 16.3 Å². The first kappa shape index (κ1) is 19.2. The van der Waals surface area contributed by atoms with E-state index >= 15 is 0 Å². The Kier molecular flexibility index (Phi) is 5.86. The first-order valence-corrected chi connectivity index (χ1v) is 10.1. The fourth-order valence-electron chi connectivity index (χ4n) is 5.00. The molecule has 0 aromatic heterocycles. The van der Waals surface area contributed by atoms with E-state index in [4.69, 9.17) is 5.73 Å². The van der Waals surface area contributed by atoms with Crippen molar-refractivity contribution in [3.63, 3.8) is 0 Å². The van der Waals surface area contributed by atoms with Gasteiger partial charge in [-0.25, -0.2) is 0 Å². The van der Waals surface area contributed by atoms with Crippen molar-refractivity contribution in [3.05, 3.63) is 6.42 Å². The number of amides is 2. The van der Waals surface area contributed by atoms with Crippen molar-refractivity contribution in [1.29, 1.82) is 5.26 Å². The lowest BCUT2D eigenvalue weighted by Gasteiger charge is -2.34. The van der Waals surface area contributed by atoms with Gasteiger partial charge in [0, 0.05) is 24.5 Å². The molecule has 2 aliphatic carbocycles. The van der Waals surface area contributed by atoms with E-state index in [9.17, 15) is 14.9 Å². The number of hydrogen-bond donors (Lipinski definition) is 2. The average Bonchev–Trinajstić information content (AvgIpc) is 3.31. The summed E-state index contributed by atoms with van der Waals surface area (Å²) in [7, 11) is 0. The van der Waals surface area contributed by atoms with Gasteiger partial charge >= 0.3 is 0 Å². The Balaban J connectivity index is 1.54. The maximum absolute atomic E-state index is 12.5. The van der Waals surface area contributed by atoms with E-state index in [1.807, 2.05) is 0 Å². The van der Waals surface area contributed by atoms with Gasteiger partial charge in [0.1, 0.15) is 5.54 Å². The standard InChI is InChI=1S/C20H31N4O2/c21-14-20(12-13-24(15-20)16-6-2-3-7-16)23-17(25)8-11-19(18(22)26)9-4-1-5-10-19/h8,16H,1-7,9-13,15H2,(H2,22,26)(H,23,25).